The number of hydrogen-bond donors (Lipinski definition) is 2. The minimum absolute atomic E-state index is 0.0113. The molecule has 3 heteroatoms. The van der Waals surface area contributed by atoms with E-state index in [1.165, 1.54) is 5.56 Å². The smallest absolute Gasteiger partial charge is 0.224 e. The Morgan fingerprint density at radius 2 is 2.00 bits per heavy atom. The van der Waals surface area contributed by atoms with Crippen molar-refractivity contribution in [2.45, 2.75) is 39.2 Å². The molecule has 1 atom stereocenters. The Balaban J connectivity index is 2.27. The SMILES string of the molecule is CCC(O)CCNC(=O)Cc1ccc(C)cc1. The molecule has 0 radical (unpaired) electrons. The minimum atomic E-state index is -0.310. The molecule has 94 valence electrons. The molecule has 17 heavy (non-hydrogen) atoms. The number of rotatable bonds is 6. The molecule has 0 spiro atoms. The molecule has 0 saturated heterocycles. The highest BCUT2D eigenvalue weighted by Crippen LogP contribution is 2.03. The van der Waals surface area contributed by atoms with Gasteiger partial charge in [0.1, 0.15) is 0 Å². The van der Waals surface area contributed by atoms with Crippen molar-refractivity contribution < 1.29 is 9.90 Å². The van der Waals surface area contributed by atoms with E-state index in [9.17, 15) is 9.90 Å². The van der Waals surface area contributed by atoms with E-state index in [-0.39, 0.29) is 12.0 Å². The van der Waals surface area contributed by atoms with Crippen LogP contribution in [0.1, 0.15) is 30.9 Å². The average molecular weight is 235 g/mol. The van der Waals surface area contributed by atoms with Gasteiger partial charge in [-0.15, -0.1) is 0 Å². The molecule has 0 fully saturated rings. The summed E-state index contributed by atoms with van der Waals surface area (Å²) in [7, 11) is 0. The first-order valence-electron chi connectivity index (χ1n) is 6.12. The summed E-state index contributed by atoms with van der Waals surface area (Å²) in [5.74, 6) is 0.0113. The maximum absolute atomic E-state index is 11.6. The molecule has 0 aliphatic carbocycles. The van der Waals surface area contributed by atoms with Gasteiger partial charge in [0.15, 0.2) is 0 Å². The number of hydrogen-bond acceptors (Lipinski definition) is 2. The van der Waals surface area contributed by atoms with Gasteiger partial charge >= 0.3 is 0 Å². The van der Waals surface area contributed by atoms with Crippen LogP contribution in [0.4, 0.5) is 0 Å². The number of amides is 1. The van der Waals surface area contributed by atoms with Gasteiger partial charge in [0.2, 0.25) is 5.91 Å². The van der Waals surface area contributed by atoms with Gasteiger partial charge in [-0.1, -0.05) is 36.8 Å². The van der Waals surface area contributed by atoms with Crippen LogP contribution in [0, 0.1) is 6.92 Å². The molecule has 1 amide bonds. The van der Waals surface area contributed by atoms with Gasteiger partial charge in [0.05, 0.1) is 12.5 Å². The quantitative estimate of drug-likeness (QED) is 0.790. The predicted molar refractivity (Wildman–Crippen MR) is 68.8 cm³/mol. The molecule has 0 saturated carbocycles. The molecule has 3 nitrogen and oxygen atoms in total. The van der Waals surface area contributed by atoms with Gasteiger partial charge in [0, 0.05) is 6.54 Å². The molecule has 0 aromatic heterocycles. The summed E-state index contributed by atoms with van der Waals surface area (Å²) in [6.45, 7) is 4.49. The Labute approximate surface area is 103 Å². The molecule has 1 unspecified atom stereocenters. The summed E-state index contributed by atoms with van der Waals surface area (Å²) < 4.78 is 0. The van der Waals surface area contributed by atoms with E-state index in [1.807, 2.05) is 38.1 Å². The topological polar surface area (TPSA) is 49.3 Å². The van der Waals surface area contributed by atoms with Crippen LogP contribution in [0.15, 0.2) is 24.3 Å². The summed E-state index contributed by atoms with van der Waals surface area (Å²) in [6, 6.07) is 7.94. The third-order valence-corrected chi connectivity index (χ3v) is 2.76. The van der Waals surface area contributed by atoms with Crippen molar-refractivity contribution in [3.63, 3.8) is 0 Å². The zero-order valence-electron chi connectivity index (χ0n) is 10.6. The fourth-order valence-corrected chi connectivity index (χ4v) is 1.54. The zero-order chi connectivity index (χ0) is 12.7. The highest BCUT2D eigenvalue weighted by atomic mass is 16.3. The summed E-state index contributed by atoms with van der Waals surface area (Å²) >= 11 is 0. The summed E-state index contributed by atoms with van der Waals surface area (Å²) in [5, 5.41) is 12.2. The van der Waals surface area contributed by atoms with E-state index in [0.717, 1.165) is 12.0 Å². The Morgan fingerprint density at radius 3 is 2.59 bits per heavy atom. The van der Waals surface area contributed by atoms with Crippen molar-refractivity contribution in [3.8, 4) is 0 Å². The van der Waals surface area contributed by atoms with Gasteiger partial charge in [-0.2, -0.15) is 0 Å². The third kappa shape index (κ3) is 5.50. The fourth-order valence-electron chi connectivity index (χ4n) is 1.54. The Bertz CT molecular complexity index is 346. The van der Waals surface area contributed by atoms with E-state index >= 15 is 0 Å². The van der Waals surface area contributed by atoms with Gasteiger partial charge in [-0.05, 0) is 25.3 Å². The van der Waals surface area contributed by atoms with E-state index in [4.69, 9.17) is 0 Å². The fraction of sp³-hybridized carbons (Fsp3) is 0.500. The molecule has 1 aromatic rings. The second-order valence-electron chi connectivity index (χ2n) is 4.36. The number of benzene rings is 1. The van der Waals surface area contributed by atoms with Gasteiger partial charge in [-0.3, -0.25) is 4.79 Å². The molecule has 1 aromatic carbocycles. The Kier molecular flexibility index (Phi) is 5.70. The molecular formula is C14H21NO2. The van der Waals surface area contributed by atoms with Crippen LogP contribution in [0.25, 0.3) is 0 Å². The van der Waals surface area contributed by atoms with Crippen molar-refractivity contribution in [3.05, 3.63) is 35.4 Å². The van der Waals surface area contributed by atoms with Crippen molar-refractivity contribution in [1.82, 2.24) is 5.32 Å². The molecule has 0 aliphatic rings. The molecule has 0 bridgehead atoms. The number of aliphatic hydroxyl groups excluding tert-OH is 1. The molecule has 2 N–H and O–H groups in total. The van der Waals surface area contributed by atoms with Crippen LogP contribution >= 0.6 is 0 Å². The number of nitrogens with one attached hydrogen (secondary N) is 1. The number of carbonyl (C=O) groups is 1. The first-order chi connectivity index (χ1) is 8.11. The zero-order valence-corrected chi connectivity index (χ0v) is 10.6. The maximum atomic E-state index is 11.6. The van der Waals surface area contributed by atoms with Gasteiger partial charge in [-0.25, -0.2) is 0 Å². The van der Waals surface area contributed by atoms with Gasteiger partial charge in [0.25, 0.3) is 0 Å². The highest BCUT2D eigenvalue weighted by molar-refractivity contribution is 5.78. The minimum Gasteiger partial charge on any atom is -0.393 e. The van der Waals surface area contributed by atoms with E-state index in [1.54, 1.807) is 0 Å². The number of aliphatic hydroxyl groups is 1. The highest BCUT2D eigenvalue weighted by Gasteiger charge is 2.04. The lowest BCUT2D eigenvalue weighted by molar-refractivity contribution is -0.120. The normalized spacial score (nSPS) is 12.2. The lowest BCUT2D eigenvalue weighted by atomic mass is 10.1. The van der Waals surface area contributed by atoms with Crippen LogP contribution in [0.2, 0.25) is 0 Å². The first kappa shape index (κ1) is 13.7. The van der Waals surface area contributed by atoms with Crippen LogP contribution in [-0.4, -0.2) is 23.7 Å². The second-order valence-corrected chi connectivity index (χ2v) is 4.36. The monoisotopic (exact) mass is 235 g/mol. The standard InChI is InChI=1S/C14H21NO2/c1-3-13(16)8-9-15-14(17)10-12-6-4-11(2)5-7-12/h4-7,13,16H,3,8-10H2,1-2H3,(H,15,17). The largest absolute Gasteiger partial charge is 0.393 e. The predicted octanol–water partition coefficient (Wildman–Crippen LogP) is 1.81. The molecule has 0 aliphatic heterocycles. The summed E-state index contributed by atoms with van der Waals surface area (Å²) in [4.78, 5) is 11.6. The van der Waals surface area contributed by atoms with Crippen molar-refractivity contribution >= 4 is 5.91 Å². The van der Waals surface area contributed by atoms with E-state index < -0.39 is 0 Å². The van der Waals surface area contributed by atoms with Crippen molar-refractivity contribution in [1.29, 1.82) is 0 Å². The molecule has 1 rings (SSSR count). The number of carbonyl (C=O) groups excluding carboxylic acids is 1. The lowest BCUT2D eigenvalue weighted by Crippen LogP contribution is -2.28. The van der Waals surface area contributed by atoms with E-state index in [2.05, 4.69) is 5.32 Å². The van der Waals surface area contributed by atoms with Crippen LogP contribution in [-0.2, 0) is 11.2 Å². The third-order valence-electron chi connectivity index (χ3n) is 2.76. The van der Waals surface area contributed by atoms with E-state index in [0.29, 0.717) is 19.4 Å². The van der Waals surface area contributed by atoms with Crippen LogP contribution in [0.3, 0.4) is 0 Å². The maximum Gasteiger partial charge on any atom is 0.224 e. The number of aryl methyl sites for hydroxylation is 1. The summed E-state index contributed by atoms with van der Waals surface area (Å²) in [6.07, 6.45) is 1.45. The first-order valence-corrected chi connectivity index (χ1v) is 6.12. The summed E-state index contributed by atoms with van der Waals surface area (Å²) in [5.41, 5.74) is 2.21. The molecule has 0 heterocycles. The second kappa shape index (κ2) is 7.07. The average Bonchev–Trinajstić information content (AvgIpc) is 2.32. The Hall–Kier alpha value is -1.35. The lowest BCUT2D eigenvalue weighted by Gasteiger charge is -2.09. The molecular weight excluding hydrogens is 214 g/mol. The van der Waals surface area contributed by atoms with Gasteiger partial charge < -0.3 is 10.4 Å². The van der Waals surface area contributed by atoms with Crippen LogP contribution < -0.4 is 5.32 Å². The van der Waals surface area contributed by atoms with Crippen LogP contribution in [0.5, 0.6) is 0 Å². The Morgan fingerprint density at radius 1 is 1.35 bits per heavy atom. The van der Waals surface area contributed by atoms with Crippen molar-refractivity contribution in [2.24, 2.45) is 0 Å². The van der Waals surface area contributed by atoms with Crippen molar-refractivity contribution in [2.75, 3.05) is 6.54 Å².